The first-order chi connectivity index (χ1) is 14.5. The molecule has 0 aliphatic rings. The first kappa shape index (κ1) is 21.7. The lowest BCUT2D eigenvalue weighted by Crippen LogP contribution is -3.08. The molecular weight excluding hydrogens is 376 g/mol. The molecule has 0 aliphatic carbocycles. The summed E-state index contributed by atoms with van der Waals surface area (Å²) in [5, 5.41) is 2.28. The zero-order valence-electron chi connectivity index (χ0n) is 18.3. The molecule has 1 N–H and O–H groups in total. The topological polar surface area (TPSA) is 43.2 Å². The number of ether oxygens (including phenoxy) is 2. The second kappa shape index (κ2) is 10.1. The Kier molecular flexibility index (Phi) is 7.31. The van der Waals surface area contributed by atoms with Crippen molar-refractivity contribution >= 4 is 16.7 Å². The molecule has 0 saturated carbocycles. The molecule has 30 heavy (non-hydrogen) atoms. The smallest absolute Gasteiger partial charge is 0.277 e. The molecule has 0 fully saturated rings. The van der Waals surface area contributed by atoms with Crippen LogP contribution in [0.5, 0.6) is 11.5 Å². The molecule has 0 spiro atoms. The molecule has 0 saturated heterocycles. The van der Waals surface area contributed by atoms with E-state index in [1.54, 1.807) is 12.0 Å². The van der Waals surface area contributed by atoms with Gasteiger partial charge in [0.25, 0.3) is 5.91 Å². The van der Waals surface area contributed by atoms with Gasteiger partial charge in [-0.25, -0.2) is 0 Å². The molecule has 3 aromatic carbocycles. The van der Waals surface area contributed by atoms with E-state index in [2.05, 4.69) is 30.3 Å². The third-order valence-corrected chi connectivity index (χ3v) is 5.15. The fraction of sp³-hybridized carbons (Fsp3) is 0.320. The first-order valence-corrected chi connectivity index (χ1v) is 10.3. The van der Waals surface area contributed by atoms with Crippen molar-refractivity contribution in [3.63, 3.8) is 0 Å². The van der Waals surface area contributed by atoms with Crippen molar-refractivity contribution in [3.8, 4) is 11.5 Å². The highest BCUT2D eigenvalue weighted by atomic mass is 16.5. The summed E-state index contributed by atoms with van der Waals surface area (Å²) in [4.78, 5) is 15.7. The lowest BCUT2D eigenvalue weighted by Gasteiger charge is -2.20. The average molecular weight is 408 g/mol. The highest BCUT2D eigenvalue weighted by Gasteiger charge is 2.15. The maximum absolute atomic E-state index is 12.7. The Balaban J connectivity index is 1.55. The minimum atomic E-state index is 0.133. The average Bonchev–Trinajstić information content (AvgIpc) is 2.74. The maximum atomic E-state index is 12.7. The standard InChI is InChI=1S/C25H30N2O3/c1-5-30-23-11-7-19(8-12-23)16-26(2)18-25(28)27(3)17-20-6-9-22-15-24(29-4)13-10-21(22)14-20/h6-15H,5,16-18H2,1-4H3/p+1. The molecule has 0 aromatic heterocycles. The van der Waals surface area contributed by atoms with Gasteiger partial charge in [0.2, 0.25) is 0 Å². The summed E-state index contributed by atoms with van der Waals surface area (Å²) in [6, 6.07) is 20.4. The van der Waals surface area contributed by atoms with E-state index in [1.165, 1.54) is 5.56 Å². The van der Waals surface area contributed by atoms with Crippen molar-refractivity contribution in [2.24, 2.45) is 0 Å². The SMILES string of the molecule is CCOc1ccc(C[NH+](C)CC(=O)N(C)Cc2ccc3cc(OC)ccc3c2)cc1. The van der Waals surface area contributed by atoms with E-state index in [-0.39, 0.29) is 5.91 Å². The molecule has 0 radical (unpaired) electrons. The molecular formula is C25H31N2O3+. The molecule has 1 atom stereocenters. The molecule has 3 aromatic rings. The van der Waals surface area contributed by atoms with Crippen LogP contribution in [0, 0.1) is 0 Å². The third kappa shape index (κ3) is 5.74. The fourth-order valence-electron chi connectivity index (χ4n) is 3.53. The molecule has 1 unspecified atom stereocenters. The zero-order chi connectivity index (χ0) is 21.5. The number of benzene rings is 3. The number of methoxy groups -OCH3 is 1. The lowest BCUT2D eigenvalue weighted by atomic mass is 10.1. The number of amides is 1. The summed E-state index contributed by atoms with van der Waals surface area (Å²) in [6.45, 7) is 4.48. The van der Waals surface area contributed by atoms with Gasteiger partial charge in [-0.2, -0.15) is 0 Å². The van der Waals surface area contributed by atoms with Crippen molar-refractivity contribution in [3.05, 3.63) is 71.8 Å². The summed E-state index contributed by atoms with van der Waals surface area (Å²) in [5.41, 5.74) is 2.31. The highest BCUT2D eigenvalue weighted by Crippen LogP contribution is 2.22. The molecule has 1 amide bonds. The van der Waals surface area contributed by atoms with E-state index < -0.39 is 0 Å². The Morgan fingerprint density at radius 3 is 2.27 bits per heavy atom. The second-order valence-electron chi connectivity index (χ2n) is 7.68. The van der Waals surface area contributed by atoms with Crippen LogP contribution in [0.1, 0.15) is 18.1 Å². The van der Waals surface area contributed by atoms with Gasteiger partial charge in [-0.3, -0.25) is 4.79 Å². The number of quaternary nitrogens is 1. The van der Waals surface area contributed by atoms with Crippen LogP contribution in [-0.2, 0) is 17.9 Å². The van der Waals surface area contributed by atoms with Gasteiger partial charge in [-0.05, 0) is 65.7 Å². The van der Waals surface area contributed by atoms with Crippen molar-refractivity contribution in [1.82, 2.24) is 4.90 Å². The summed E-state index contributed by atoms with van der Waals surface area (Å²) in [7, 11) is 5.58. The van der Waals surface area contributed by atoms with Crippen LogP contribution >= 0.6 is 0 Å². The Labute approximate surface area is 178 Å². The van der Waals surface area contributed by atoms with Crippen LogP contribution < -0.4 is 14.4 Å². The van der Waals surface area contributed by atoms with Gasteiger partial charge in [0.15, 0.2) is 6.54 Å². The number of carbonyl (C=O) groups is 1. The zero-order valence-corrected chi connectivity index (χ0v) is 18.3. The first-order valence-electron chi connectivity index (χ1n) is 10.3. The van der Waals surface area contributed by atoms with Crippen LogP contribution in [0.4, 0.5) is 0 Å². The number of rotatable bonds is 9. The molecule has 0 aliphatic heterocycles. The van der Waals surface area contributed by atoms with Crippen molar-refractivity contribution in [2.45, 2.75) is 20.0 Å². The number of fused-ring (bicyclic) bond motifs is 1. The minimum Gasteiger partial charge on any atom is -0.497 e. The van der Waals surface area contributed by atoms with Gasteiger partial charge in [-0.1, -0.05) is 18.2 Å². The summed E-state index contributed by atoms with van der Waals surface area (Å²) in [5.74, 6) is 1.86. The fourth-order valence-corrected chi connectivity index (χ4v) is 3.53. The molecule has 0 bridgehead atoms. The Morgan fingerprint density at radius 2 is 1.57 bits per heavy atom. The van der Waals surface area contributed by atoms with Crippen LogP contribution in [0.25, 0.3) is 10.8 Å². The van der Waals surface area contributed by atoms with Gasteiger partial charge < -0.3 is 19.3 Å². The lowest BCUT2D eigenvalue weighted by molar-refractivity contribution is -0.885. The minimum absolute atomic E-state index is 0.133. The van der Waals surface area contributed by atoms with Gasteiger partial charge in [0.05, 0.1) is 20.8 Å². The van der Waals surface area contributed by atoms with Crippen molar-refractivity contribution in [2.75, 3.05) is 34.4 Å². The number of nitrogens with zero attached hydrogens (tertiary/aromatic N) is 1. The van der Waals surface area contributed by atoms with E-state index in [0.717, 1.165) is 39.3 Å². The van der Waals surface area contributed by atoms with Crippen LogP contribution in [0.2, 0.25) is 0 Å². The normalized spacial score (nSPS) is 11.9. The van der Waals surface area contributed by atoms with Gasteiger partial charge in [0, 0.05) is 19.2 Å². The van der Waals surface area contributed by atoms with Crippen LogP contribution in [0.15, 0.2) is 60.7 Å². The Morgan fingerprint density at radius 1 is 0.933 bits per heavy atom. The van der Waals surface area contributed by atoms with Crippen molar-refractivity contribution in [1.29, 1.82) is 0 Å². The molecule has 158 valence electrons. The number of carbonyl (C=O) groups excluding carboxylic acids is 1. The molecule has 5 heteroatoms. The maximum Gasteiger partial charge on any atom is 0.277 e. The monoisotopic (exact) mass is 407 g/mol. The second-order valence-corrected chi connectivity index (χ2v) is 7.68. The predicted molar refractivity (Wildman–Crippen MR) is 120 cm³/mol. The van der Waals surface area contributed by atoms with E-state index in [4.69, 9.17) is 9.47 Å². The van der Waals surface area contributed by atoms with Crippen LogP contribution in [0.3, 0.4) is 0 Å². The van der Waals surface area contributed by atoms with Crippen LogP contribution in [-0.4, -0.2) is 45.2 Å². The van der Waals surface area contributed by atoms with E-state index in [1.807, 2.05) is 51.4 Å². The number of hydrogen-bond donors (Lipinski definition) is 1. The summed E-state index contributed by atoms with van der Waals surface area (Å²) < 4.78 is 10.8. The Bertz CT molecular complexity index is 985. The summed E-state index contributed by atoms with van der Waals surface area (Å²) >= 11 is 0. The predicted octanol–water partition coefficient (Wildman–Crippen LogP) is 2.92. The number of likely N-dealkylation sites (N-methyl/N-ethyl adjacent to an activating group) is 2. The van der Waals surface area contributed by atoms with E-state index in [9.17, 15) is 4.79 Å². The molecule has 5 nitrogen and oxygen atoms in total. The highest BCUT2D eigenvalue weighted by molar-refractivity contribution is 5.84. The van der Waals surface area contributed by atoms with Gasteiger partial charge >= 0.3 is 0 Å². The summed E-state index contributed by atoms with van der Waals surface area (Å²) in [6.07, 6.45) is 0. The van der Waals surface area contributed by atoms with E-state index >= 15 is 0 Å². The number of nitrogens with one attached hydrogen (secondary N) is 1. The Hall–Kier alpha value is -3.05. The van der Waals surface area contributed by atoms with Gasteiger partial charge in [0.1, 0.15) is 18.0 Å². The third-order valence-electron chi connectivity index (χ3n) is 5.15. The molecule has 3 rings (SSSR count). The number of hydrogen-bond acceptors (Lipinski definition) is 3. The van der Waals surface area contributed by atoms with Gasteiger partial charge in [-0.15, -0.1) is 0 Å². The van der Waals surface area contributed by atoms with E-state index in [0.29, 0.717) is 19.7 Å². The van der Waals surface area contributed by atoms with Crippen molar-refractivity contribution < 1.29 is 19.2 Å². The largest absolute Gasteiger partial charge is 0.497 e. The molecule has 0 heterocycles. The quantitative estimate of drug-likeness (QED) is 0.593.